The van der Waals surface area contributed by atoms with Gasteiger partial charge < -0.3 is 0 Å². The largest absolute Gasteiger partial charge is 0.228 e. The first-order valence-electron chi connectivity index (χ1n) is 5.19. The number of aryl methyl sites for hydroxylation is 1. The van der Waals surface area contributed by atoms with Crippen molar-refractivity contribution in [2.45, 2.75) is 18.4 Å². The molecule has 0 atom stereocenters. The Balaban J connectivity index is 2.15. The van der Waals surface area contributed by atoms with Crippen molar-refractivity contribution < 1.29 is 8.42 Å². The highest BCUT2D eigenvalue weighted by molar-refractivity contribution is 7.89. The van der Waals surface area contributed by atoms with Gasteiger partial charge in [-0.2, -0.15) is 0 Å². The molecule has 96 valence electrons. The van der Waals surface area contributed by atoms with Crippen LogP contribution >= 0.6 is 23.1 Å². The minimum Gasteiger partial charge on any atom is -0.228 e. The molecular weight excluding hydrogens is 292 g/mol. The summed E-state index contributed by atoms with van der Waals surface area (Å²) in [6, 6.07) is 7.43. The van der Waals surface area contributed by atoms with E-state index in [1.54, 1.807) is 6.07 Å². The van der Waals surface area contributed by atoms with Crippen LogP contribution in [0, 0.1) is 6.92 Å². The molecule has 0 saturated carbocycles. The normalized spacial score (nSPS) is 11.7. The smallest absolute Gasteiger partial charge is 0.160 e. The van der Waals surface area contributed by atoms with Crippen molar-refractivity contribution in [2.75, 3.05) is 0 Å². The van der Waals surface area contributed by atoms with E-state index in [4.69, 9.17) is 11.6 Å². The van der Waals surface area contributed by atoms with Gasteiger partial charge in [-0.3, -0.25) is 0 Å². The van der Waals surface area contributed by atoms with E-state index in [0.717, 1.165) is 22.7 Å². The number of aromatic nitrogens is 2. The first-order chi connectivity index (χ1) is 8.46. The molecule has 4 nitrogen and oxygen atoms in total. The van der Waals surface area contributed by atoms with Crippen LogP contribution in [0.25, 0.3) is 0 Å². The summed E-state index contributed by atoms with van der Waals surface area (Å²) in [6.45, 7) is 1.93. The van der Waals surface area contributed by atoms with Gasteiger partial charge >= 0.3 is 0 Å². The van der Waals surface area contributed by atoms with Gasteiger partial charge in [-0.25, -0.2) is 8.42 Å². The molecule has 0 fully saturated rings. The lowest BCUT2D eigenvalue weighted by Crippen LogP contribution is -2.08. The van der Waals surface area contributed by atoms with Gasteiger partial charge in [0, 0.05) is 11.5 Å². The number of sulfone groups is 1. The summed E-state index contributed by atoms with van der Waals surface area (Å²) in [5.74, 6) is -0.182. The van der Waals surface area contributed by atoms with Gasteiger partial charge in [0.2, 0.25) is 0 Å². The Bertz CT molecular complexity index is 653. The summed E-state index contributed by atoms with van der Waals surface area (Å²) in [4.78, 5) is 0. The second kappa shape index (κ2) is 5.34. The van der Waals surface area contributed by atoms with Crippen molar-refractivity contribution in [3.8, 4) is 0 Å². The zero-order chi connectivity index (χ0) is 13.2. The maximum Gasteiger partial charge on any atom is 0.160 e. The summed E-state index contributed by atoms with van der Waals surface area (Å²) >= 11 is 6.80. The second-order valence-electron chi connectivity index (χ2n) is 4.01. The number of halogens is 1. The van der Waals surface area contributed by atoms with E-state index >= 15 is 0 Å². The molecular formula is C11H11ClN2O2S2. The molecule has 2 rings (SSSR count). The van der Waals surface area contributed by atoms with Crippen molar-refractivity contribution >= 4 is 33.0 Å². The van der Waals surface area contributed by atoms with Crippen LogP contribution in [0.4, 0.5) is 0 Å². The number of rotatable bonds is 4. The fourth-order valence-corrected chi connectivity index (χ4v) is 3.80. The molecule has 0 amide bonds. The van der Waals surface area contributed by atoms with Gasteiger partial charge in [-0.05, 0) is 12.5 Å². The van der Waals surface area contributed by atoms with Gasteiger partial charge in [0.25, 0.3) is 0 Å². The van der Waals surface area contributed by atoms with Crippen molar-refractivity contribution in [2.24, 2.45) is 0 Å². The summed E-state index contributed by atoms with van der Waals surface area (Å²) in [5.41, 5.74) is 2.14. The molecule has 1 aromatic heterocycles. The van der Waals surface area contributed by atoms with Crippen molar-refractivity contribution in [1.82, 2.24) is 9.59 Å². The zero-order valence-corrected chi connectivity index (χ0v) is 12.0. The third-order valence-electron chi connectivity index (χ3n) is 2.34. The zero-order valence-electron chi connectivity index (χ0n) is 9.63. The predicted octanol–water partition coefficient (Wildman–Crippen LogP) is 2.61. The van der Waals surface area contributed by atoms with Gasteiger partial charge in [0.15, 0.2) is 9.84 Å². The summed E-state index contributed by atoms with van der Waals surface area (Å²) in [7, 11) is -3.28. The third-order valence-corrected chi connectivity index (χ3v) is 4.81. The molecule has 0 aliphatic rings. The minimum absolute atomic E-state index is 0.0114. The Morgan fingerprint density at radius 3 is 2.72 bits per heavy atom. The summed E-state index contributed by atoms with van der Waals surface area (Å²) in [5, 5.41) is 3.72. The molecule has 7 heteroatoms. The summed E-state index contributed by atoms with van der Waals surface area (Å²) < 4.78 is 28.0. The monoisotopic (exact) mass is 302 g/mol. The predicted molar refractivity (Wildman–Crippen MR) is 72.4 cm³/mol. The van der Waals surface area contributed by atoms with Crippen LogP contribution in [-0.2, 0) is 21.3 Å². The highest BCUT2D eigenvalue weighted by Crippen LogP contribution is 2.21. The number of hydrogen-bond acceptors (Lipinski definition) is 5. The number of benzene rings is 1. The van der Waals surface area contributed by atoms with E-state index in [1.807, 2.05) is 25.1 Å². The SMILES string of the molecule is Cc1cccc(CS(=O)(=O)Cc2nnsc2Cl)c1. The van der Waals surface area contributed by atoms with E-state index < -0.39 is 9.84 Å². The van der Waals surface area contributed by atoms with Gasteiger partial charge in [0.1, 0.15) is 10.0 Å². The van der Waals surface area contributed by atoms with Crippen molar-refractivity contribution in [3.05, 3.63) is 45.4 Å². The Morgan fingerprint density at radius 1 is 1.33 bits per heavy atom. The van der Waals surface area contributed by atoms with Crippen LogP contribution in [0.1, 0.15) is 16.8 Å². The van der Waals surface area contributed by atoms with Crippen LogP contribution in [0.2, 0.25) is 4.34 Å². The van der Waals surface area contributed by atoms with Crippen molar-refractivity contribution in [3.63, 3.8) is 0 Å². The molecule has 0 saturated heterocycles. The third kappa shape index (κ3) is 3.51. The van der Waals surface area contributed by atoms with E-state index in [2.05, 4.69) is 9.59 Å². The fraction of sp³-hybridized carbons (Fsp3) is 0.273. The maximum atomic E-state index is 12.0. The highest BCUT2D eigenvalue weighted by atomic mass is 35.5. The number of nitrogens with zero attached hydrogens (tertiary/aromatic N) is 2. The Hall–Kier alpha value is -0.980. The maximum absolute atomic E-state index is 12.0. The molecule has 0 radical (unpaired) electrons. The lowest BCUT2D eigenvalue weighted by atomic mass is 10.2. The Morgan fingerprint density at radius 2 is 2.11 bits per heavy atom. The lowest BCUT2D eigenvalue weighted by molar-refractivity contribution is 0.593. The van der Waals surface area contributed by atoms with E-state index in [0.29, 0.717) is 10.0 Å². The number of hydrogen-bond donors (Lipinski definition) is 0. The topological polar surface area (TPSA) is 59.9 Å². The molecule has 0 N–H and O–H groups in total. The standard InChI is InChI=1S/C11H11ClN2O2S2/c1-8-3-2-4-9(5-8)6-18(15,16)7-10-11(12)17-14-13-10/h2-5H,6-7H2,1H3. The highest BCUT2D eigenvalue weighted by Gasteiger charge is 2.17. The van der Waals surface area contributed by atoms with Gasteiger partial charge in [-0.1, -0.05) is 45.9 Å². The molecule has 0 spiro atoms. The van der Waals surface area contributed by atoms with Gasteiger partial charge in [0.05, 0.1) is 11.5 Å². The van der Waals surface area contributed by atoms with E-state index in [-0.39, 0.29) is 11.5 Å². The van der Waals surface area contributed by atoms with Gasteiger partial charge in [-0.15, -0.1) is 5.10 Å². The van der Waals surface area contributed by atoms with Crippen LogP contribution in [0.5, 0.6) is 0 Å². The average molecular weight is 303 g/mol. The fourth-order valence-electron chi connectivity index (χ4n) is 1.60. The Labute approximate surface area is 115 Å². The minimum atomic E-state index is -3.28. The van der Waals surface area contributed by atoms with Crippen LogP contribution in [0.3, 0.4) is 0 Å². The van der Waals surface area contributed by atoms with Crippen LogP contribution in [0.15, 0.2) is 24.3 Å². The van der Waals surface area contributed by atoms with E-state index in [9.17, 15) is 8.42 Å². The second-order valence-corrected chi connectivity index (χ2v) is 7.44. The molecule has 1 heterocycles. The first-order valence-corrected chi connectivity index (χ1v) is 8.16. The molecule has 1 aromatic carbocycles. The molecule has 2 aromatic rings. The lowest BCUT2D eigenvalue weighted by Gasteiger charge is -2.04. The Kier molecular flexibility index (Phi) is 3.99. The average Bonchev–Trinajstić information content (AvgIpc) is 2.62. The molecule has 0 unspecified atom stereocenters. The summed E-state index contributed by atoms with van der Waals surface area (Å²) in [6.07, 6.45) is 0. The van der Waals surface area contributed by atoms with E-state index in [1.165, 1.54) is 0 Å². The quantitative estimate of drug-likeness (QED) is 0.871. The molecule has 0 aliphatic heterocycles. The molecule has 18 heavy (non-hydrogen) atoms. The molecule has 0 aliphatic carbocycles. The van der Waals surface area contributed by atoms with Crippen LogP contribution in [-0.4, -0.2) is 18.0 Å². The van der Waals surface area contributed by atoms with Crippen molar-refractivity contribution in [1.29, 1.82) is 0 Å². The van der Waals surface area contributed by atoms with Crippen LogP contribution < -0.4 is 0 Å². The first kappa shape index (κ1) is 13.5. The molecule has 0 bridgehead atoms.